The van der Waals surface area contributed by atoms with Crippen LogP contribution in [0.4, 0.5) is 0 Å². The SMILES string of the molecule is Cc1oc(-c2cccc(Oc3ccccc3)c2)nc1CN1C[C@H](OC(C)C)[C@@H](O)C1. The van der Waals surface area contributed by atoms with Gasteiger partial charge in [-0.15, -0.1) is 0 Å². The van der Waals surface area contributed by atoms with Gasteiger partial charge in [-0.05, 0) is 51.1 Å². The molecular formula is C24H28N2O4. The van der Waals surface area contributed by atoms with Crippen molar-refractivity contribution in [2.24, 2.45) is 0 Å². The van der Waals surface area contributed by atoms with Crippen LogP contribution >= 0.6 is 0 Å². The summed E-state index contributed by atoms with van der Waals surface area (Å²) in [4.78, 5) is 6.87. The quantitative estimate of drug-likeness (QED) is 0.624. The van der Waals surface area contributed by atoms with Crippen molar-refractivity contribution in [1.29, 1.82) is 0 Å². The largest absolute Gasteiger partial charge is 0.457 e. The van der Waals surface area contributed by atoms with E-state index in [9.17, 15) is 5.11 Å². The number of para-hydroxylation sites is 1. The summed E-state index contributed by atoms with van der Waals surface area (Å²) in [6.07, 6.45) is -0.551. The van der Waals surface area contributed by atoms with E-state index < -0.39 is 6.10 Å². The highest BCUT2D eigenvalue weighted by molar-refractivity contribution is 5.57. The number of likely N-dealkylation sites (tertiary alicyclic amines) is 1. The van der Waals surface area contributed by atoms with Crippen molar-refractivity contribution in [3.05, 3.63) is 66.1 Å². The molecule has 1 fully saturated rings. The molecule has 30 heavy (non-hydrogen) atoms. The van der Waals surface area contributed by atoms with Crippen LogP contribution in [0.5, 0.6) is 11.5 Å². The van der Waals surface area contributed by atoms with Crippen LogP contribution in [0.25, 0.3) is 11.5 Å². The standard InChI is InChI=1S/C24H28N2O4/c1-16(2)28-23-15-26(14-22(23)27)13-21-17(3)29-24(25-21)18-8-7-11-20(12-18)30-19-9-5-4-6-10-19/h4-12,16,22-23,27H,13-15H2,1-3H3/t22-,23-/m0/s1. The molecule has 6 heteroatoms. The second-order valence-corrected chi connectivity index (χ2v) is 7.95. The van der Waals surface area contributed by atoms with E-state index in [1.165, 1.54) is 0 Å². The molecule has 0 spiro atoms. The normalized spacial score (nSPS) is 19.5. The molecule has 1 aliphatic rings. The maximum atomic E-state index is 10.3. The minimum Gasteiger partial charge on any atom is -0.457 e. The zero-order valence-electron chi connectivity index (χ0n) is 17.6. The van der Waals surface area contributed by atoms with E-state index in [0.717, 1.165) is 28.5 Å². The van der Waals surface area contributed by atoms with Gasteiger partial charge < -0.3 is 19.0 Å². The van der Waals surface area contributed by atoms with Crippen molar-refractivity contribution in [2.45, 2.75) is 45.6 Å². The summed E-state index contributed by atoms with van der Waals surface area (Å²) in [5, 5.41) is 10.3. The number of hydrogen-bond acceptors (Lipinski definition) is 6. The Morgan fingerprint density at radius 2 is 1.87 bits per heavy atom. The summed E-state index contributed by atoms with van der Waals surface area (Å²) in [7, 11) is 0. The molecule has 0 amide bonds. The Balaban J connectivity index is 1.46. The lowest BCUT2D eigenvalue weighted by Gasteiger charge is -2.17. The number of hydrogen-bond donors (Lipinski definition) is 1. The molecule has 2 aromatic carbocycles. The van der Waals surface area contributed by atoms with Gasteiger partial charge in [-0.1, -0.05) is 24.3 Å². The maximum Gasteiger partial charge on any atom is 0.226 e. The monoisotopic (exact) mass is 408 g/mol. The Labute approximate surface area is 177 Å². The molecule has 1 aliphatic heterocycles. The number of aryl methyl sites for hydroxylation is 1. The van der Waals surface area contributed by atoms with Crippen molar-refractivity contribution < 1.29 is 19.0 Å². The molecule has 2 atom stereocenters. The topological polar surface area (TPSA) is 68.0 Å². The van der Waals surface area contributed by atoms with E-state index in [4.69, 9.17) is 18.9 Å². The number of β-amino-alcohol motifs (C(OH)–C–C–N with tert-alkyl or cyclic N) is 1. The summed E-state index contributed by atoms with van der Waals surface area (Å²) >= 11 is 0. The van der Waals surface area contributed by atoms with Crippen molar-refractivity contribution in [3.8, 4) is 23.0 Å². The van der Waals surface area contributed by atoms with E-state index in [0.29, 0.717) is 25.5 Å². The van der Waals surface area contributed by atoms with Gasteiger partial charge in [0.2, 0.25) is 5.89 Å². The van der Waals surface area contributed by atoms with E-state index in [2.05, 4.69) is 4.90 Å². The van der Waals surface area contributed by atoms with E-state index in [1.807, 2.05) is 75.4 Å². The molecule has 0 saturated carbocycles. The highest BCUT2D eigenvalue weighted by Gasteiger charge is 2.33. The van der Waals surface area contributed by atoms with Crippen LogP contribution < -0.4 is 4.74 Å². The molecule has 1 saturated heterocycles. The number of ether oxygens (including phenoxy) is 2. The van der Waals surface area contributed by atoms with E-state index in [-0.39, 0.29) is 12.2 Å². The number of aromatic nitrogens is 1. The second kappa shape index (κ2) is 9.00. The van der Waals surface area contributed by atoms with Crippen molar-refractivity contribution in [1.82, 2.24) is 9.88 Å². The van der Waals surface area contributed by atoms with Crippen molar-refractivity contribution in [2.75, 3.05) is 13.1 Å². The van der Waals surface area contributed by atoms with Crippen molar-refractivity contribution >= 4 is 0 Å². The smallest absolute Gasteiger partial charge is 0.226 e. The fourth-order valence-electron chi connectivity index (χ4n) is 3.67. The summed E-state index contributed by atoms with van der Waals surface area (Å²) in [6.45, 7) is 7.76. The first-order chi connectivity index (χ1) is 14.5. The molecule has 6 nitrogen and oxygen atoms in total. The van der Waals surface area contributed by atoms with Gasteiger partial charge in [-0.2, -0.15) is 0 Å². The van der Waals surface area contributed by atoms with Crippen LogP contribution in [-0.2, 0) is 11.3 Å². The average molecular weight is 408 g/mol. The number of rotatable bonds is 7. The summed E-state index contributed by atoms with van der Waals surface area (Å²) in [5.41, 5.74) is 1.73. The van der Waals surface area contributed by atoms with Gasteiger partial charge in [-0.25, -0.2) is 4.98 Å². The Morgan fingerprint density at radius 3 is 2.63 bits per heavy atom. The molecular weight excluding hydrogens is 380 g/mol. The second-order valence-electron chi connectivity index (χ2n) is 7.95. The van der Waals surface area contributed by atoms with Crippen LogP contribution in [0.15, 0.2) is 59.0 Å². The summed E-state index contributed by atoms with van der Waals surface area (Å²) in [5.74, 6) is 2.86. The Morgan fingerprint density at radius 1 is 1.10 bits per heavy atom. The van der Waals surface area contributed by atoms with Gasteiger partial charge in [0.05, 0.1) is 24.0 Å². The molecule has 1 aromatic heterocycles. The lowest BCUT2D eigenvalue weighted by atomic mass is 10.2. The number of nitrogens with zero attached hydrogens (tertiary/aromatic N) is 2. The zero-order chi connectivity index (χ0) is 21.1. The summed E-state index contributed by atoms with van der Waals surface area (Å²) < 4.78 is 17.7. The summed E-state index contributed by atoms with van der Waals surface area (Å²) in [6, 6.07) is 17.4. The van der Waals surface area contributed by atoms with Gasteiger partial charge in [-0.3, -0.25) is 4.90 Å². The number of aliphatic hydroxyl groups excluding tert-OH is 1. The van der Waals surface area contributed by atoms with Gasteiger partial charge in [0.25, 0.3) is 0 Å². The minimum atomic E-state index is -0.481. The molecule has 3 aromatic rings. The van der Waals surface area contributed by atoms with Crippen LogP contribution in [-0.4, -0.2) is 46.4 Å². The molecule has 0 aliphatic carbocycles. The maximum absolute atomic E-state index is 10.3. The number of benzene rings is 2. The molecule has 0 bridgehead atoms. The van der Waals surface area contributed by atoms with Crippen LogP contribution in [0.2, 0.25) is 0 Å². The predicted molar refractivity (Wildman–Crippen MR) is 114 cm³/mol. The molecule has 2 heterocycles. The van der Waals surface area contributed by atoms with Gasteiger partial charge >= 0.3 is 0 Å². The Hall–Kier alpha value is -2.67. The van der Waals surface area contributed by atoms with Crippen LogP contribution in [0.3, 0.4) is 0 Å². The van der Waals surface area contributed by atoms with Crippen molar-refractivity contribution in [3.63, 3.8) is 0 Å². The van der Waals surface area contributed by atoms with E-state index in [1.54, 1.807) is 0 Å². The van der Waals surface area contributed by atoms with Gasteiger partial charge in [0.1, 0.15) is 17.3 Å². The van der Waals surface area contributed by atoms with Crippen LogP contribution in [0, 0.1) is 6.92 Å². The molecule has 1 N–H and O–H groups in total. The van der Waals surface area contributed by atoms with Gasteiger partial charge in [0.15, 0.2) is 0 Å². The first kappa shape index (κ1) is 20.6. The molecule has 0 unspecified atom stereocenters. The zero-order valence-corrected chi connectivity index (χ0v) is 17.6. The van der Waals surface area contributed by atoms with Gasteiger partial charge in [0, 0.05) is 25.2 Å². The fraction of sp³-hybridized carbons (Fsp3) is 0.375. The third kappa shape index (κ3) is 4.90. The third-order valence-electron chi connectivity index (χ3n) is 5.09. The number of aliphatic hydroxyl groups is 1. The lowest BCUT2D eigenvalue weighted by molar-refractivity contribution is -0.0396. The third-order valence-corrected chi connectivity index (χ3v) is 5.09. The van der Waals surface area contributed by atoms with Crippen LogP contribution in [0.1, 0.15) is 25.3 Å². The predicted octanol–water partition coefficient (Wildman–Crippen LogP) is 4.41. The molecule has 0 radical (unpaired) electrons. The fourth-order valence-corrected chi connectivity index (χ4v) is 3.67. The molecule has 4 rings (SSSR count). The first-order valence-electron chi connectivity index (χ1n) is 10.3. The highest BCUT2D eigenvalue weighted by atomic mass is 16.5. The first-order valence-corrected chi connectivity index (χ1v) is 10.3. The number of oxazole rings is 1. The Bertz CT molecular complexity index is 970. The molecule has 158 valence electrons. The average Bonchev–Trinajstić information content (AvgIpc) is 3.25. The minimum absolute atomic E-state index is 0.0929. The lowest BCUT2D eigenvalue weighted by Crippen LogP contribution is -2.29. The highest BCUT2D eigenvalue weighted by Crippen LogP contribution is 2.29. The van der Waals surface area contributed by atoms with E-state index >= 15 is 0 Å². The Kier molecular flexibility index (Phi) is 6.18.